The summed E-state index contributed by atoms with van der Waals surface area (Å²) in [6.07, 6.45) is 0.731. The zero-order chi connectivity index (χ0) is 20.1. The lowest BCUT2D eigenvalue weighted by Gasteiger charge is -2.07. The smallest absolute Gasteiger partial charge is 0.232 e. The fourth-order valence-corrected chi connectivity index (χ4v) is 3.53. The maximum Gasteiger partial charge on any atom is 0.232 e. The predicted molar refractivity (Wildman–Crippen MR) is 114 cm³/mol. The van der Waals surface area contributed by atoms with Crippen LogP contribution >= 0.6 is 11.8 Å². The van der Waals surface area contributed by atoms with Crippen LogP contribution in [0.15, 0.2) is 65.8 Å². The summed E-state index contributed by atoms with van der Waals surface area (Å²) < 4.78 is 1.99. The minimum Gasteiger partial charge on any atom is -0.368 e. The maximum absolute atomic E-state index is 5.86. The number of nitrogens with zero attached hydrogens (tertiary/aromatic N) is 6. The minimum atomic E-state index is 0.178. The largest absolute Gasteiger partial charge is 0.368 e. The molecule has 0 bridgehead atoms. The van der Waals surface area contributed by atoms with Crippen LogP contribution < -0.4 is 11.1 Å². The van der Waals surface area contributed by atoms with Gasteiger partial charge in [0.05, 0.1) is 5.75 Å². The normalized spacial score (nSPS) is 10.8. The second-order valence-electron chi connectivity index (χ2n) is 6.33. The van der Waals surface area contributed by atoms with Crippen molar-refractivity contribution in [1.82, 2.24) is 29.7 Å². The van der Waals surface area contributed by atoms with E-state index in [4.69, 9.17) is 5.73 Å². The van der Waals surface area contributed by atoms with E-state index in [0.29, 0.717) is 17.5 Å². The number of nitrogens with two attached hydrogens (primary N) is 1. The van der Waals surface area contributed by atoms with Crippen molar-refractivity contribution in [3.05, 3.63) is 77.9 Å². The molecule has 4 aromatic rings. The molecule has 0 aliphatic carbocycles. The Morgan fingerprint density at radius 2 is 1.66 bits per heavy atom. The summed E-state index contributed by atoms with van der Waals surface area (Å²) in [7, 11) is 1.96. The van der Waals surface area contributed by atoms with Crippen molar-refractivity contribution in [2.75, 3.05) is 11.1 Å². The highest BCUT2D eigenvalue weighted by atomic mass is 32.2. The average molecular weight is 405 g/mol. The van der Waals surface area contributed by atoms with Crippen molar-refractivity contribution in [3.63, 3.8) is 0 Å². The van der Waals surface area contributed by atoms with Gasteiger partial charge in [0.2, 0.25) is 11.9 Å². The van der Waals surface area contributed by atoms with Gasteiger partial charge in [-0.15, -0.1) is 10.2 Å². The summed E-state index contributed by atoms with van der Waals surface area (Å²) in [6.45, 7) is 0. The Morgan fingerprint density at radius 1 is 0.931 bits per heavy atom. The molecule has 2 aromatic heterocycles. The molecule has 2 heterocycles. The van der Waals surface area contributed by atoms with E-state index in [2.05, 4.69) is 42.6 Å². The van der Waals surface area contributed by atoms with Crippen molar-refractivity contribution in [2.24, 2.45) is 7.05 Å². The van der Waals surface area contributed by atoms with Crippen LogP contribution in [0.1, 0.15) is 17.2 Å². The molecule has 0 unspecified atom stereocenters. The van der Waals surface area contributed by atoms with Gasteiger partial charge in [0.15, 0.2) is 5.16 Å². The molecular weight excluding hydrogens is 384 g/mol. The van der Waals surface area contributed by atoms with Gasteiger partial charge in [0.25, 0.3) is 0 Å². The van der Waals surface area contributed by atoms with Crippen LogP contribution in [0, 0.1) is 0 Å². The van der Waals surface area contributed by atoms with Gasteiger partial charge in [-0.1, -0.05) is 60.3 Å². The van der Waals surface area contributed by atoms with Gasteiger partial charge in [-0.3, -0.25) is 0 Å². The summed E-state index contributed by atoms with van der Waals surface area (Å²) >= 11 is 1.51. The van der Waals surface area contributed by atoms with Crippen molar-refractivity contribution >= 4 is 29.3 Å². The van der Waals surface area contributed by atoms with E-state index < -0.39 is 0 Å². The van der Waals surface area contributed by atoms with Crippen LogP contribution in [0.2, 0.25) is 0 Å². The standard InChI is InChI=1S/C20H20N8S/c1-28-17(12-14-8-4-2-5-9-14)26-27-20(28)29-13-16-23-18(21)25-19(24-16)22-15-10-6-3-7-11-15/h2-11H,12-13H2,1H3,(H3,21,22,23,24,25). The van der Waals surface area contributed by atoms with Crippen molar-refractivity contribution < 1.29 is 0 Å². The quantitative estimate of drug-likeness (QED) is 0.452. The minimum absolute atomic E-state index is 0.178. The Labute approximate surface area is 172 Å². The van der Waals surface area contributed by atoms with Gasteiger partial charge in [0.1, 0.15) is 11.6 Å². The van der Waals surface area contributed by atoms with E-state index in [-0.39, 0.29) is 5.95 Å². The molecule has 0 amide bonds. The number of para-hydroxylation sites is 1. The van der Waals surface area contributed by atoms with Crippen molar-refractivity contribution in [2.45, 2.75) is 17.3 Å². The van der Waals surface area contributed by atoms with E-state index in [1.807, 2.05) is 60.1 Å². The van der Waals surface area contributed by atoms with Crippen LogP contribution in [-0.4, -0.2) is 29.7 Å². The average Bonchev–Trinajstić information content (AvgIpc) is 3.07. The van der Waals surface area contributed by atoms with Crippen LogP contribution in [0.3, 0.4) is 0 Å². The number of anilines is 3. The van der Waals surface area contributed by atoms with Gasteiger partial charge in [0, 0.05) is 19.2 Å². The van der Waals surface area contributed by atoms with Crippen LogP contribution in [0.4, 0.5) is 17.6 Å². The van der Waals surface area contributed by atoms with Gasteiger partial charge in [-0.05, 0) is 17.7 Å². The summed E-state index contributed by atoms with van der Waals surface area (Å²) in [5, 5.41) is 12.6. The molecule has 146 valence electrons. The highest BCUT2D eigenvalue weighted by Crippen LogP contribution is 2.22. The number of thioether (sulfide) groups is 1. The number of hydrogen-bond donors (Lipinski definition) is 2. The number of rotatable bonds is 7. The zero-order valence-electron chi connectivity index (χ0n) is 15.9. The molecular formula is C20H20N8S. The molecule has 0 atom stereocenters. The van der Waals surface area contributed by atoms with E-state index in [9.17, 15) is 0 Å². The Bertz CT molecular complexity index is 1080. The number of nitrogen functional groups attached to an aromatic ring is 1. The molecule has 0 saturated heterocycles. The number of nitrogens with one attached hydrogen (secondary N) is 1. The fourth-order valence-electron chi connectivity index (χ4n) is 2.74. The van der Waals surface area contributed by atoms with Crippen LogP contribution in [-0.2, 0) is 19.2 Å². The Morgan fingerprint density at radius 3 is 2.41 bits per heavy atom. The SMILES string of the molecule is Cn1c(Cc2ccccc2)nnc1SCc1nc(N)nc(Nc2ccccc2)n1. The second kappa shape index (κ2) is 8.70. The summed E-state index contributed by atoms with van der Waals surface area (Å²) in [6, 6.07) is 19.9. The first-order valence-corrected chi connectivity index (χ1v) is 10.0. The van der Waals surface area contributed by atoms with E-state index in [0.717, 1.165) is 23.1 Å². The van der Waals surface area contributed by atoms with E-state index >= 15 is 0 Å². The highest BCUT2D eigenvalue weighted by Gasteiger charge is 2.12. The van der Waals surface area contributed by atoms with E-state index in [1.54, 1.807) is 0 Å². The van der Waals surface area contributed by atoms with Crippen molar-refractivity contribution in [1.29, 1.82) is 0 Å². The molecule has 3 N–H and O–H groups in total. The number of benzene rings is 2. The number of aromatic nitrogens is 6. The third-order valence-electron chi connectivity index (χ3n) is 4.19. The van der Waals surface area contributed by atoms with Gasteiger partial charge >= 0.3 is 0 Å². The molecule has 0 aliphatic rings. The highest BCUT2D eigenvalue weighted by molar-refractivity contribution is 7.98. The maximum atomic E-state index is 5.86. The molecule has 29 heavy (non-hydrogen) atoms. The lowest BCUT2D eigenvalue weighted by Crippen LogP contribution is -2.07. The fraction of sp³-hybridized carbons (Fsp3) is 0.150. The van der Waals surface area contributed by atoms with Crippen LogP contribution in [0.5, 0.6) is 0 Å². The topological polar surface area (TPSA) is 107 Å². The van der Waals surface area contributed by atoms with Crippen LogP contribution in [0.25, 0.3) is 0 Å². The Hall–Kier alpha value is -3.46. The first-order valence-electron chi connectivity index (χ1n) is 9.05. The Balaban J connectivity index is 1.44. The molecule has 0 aliphatic heterocycles. The molecule has 8 nitrogen and oxygen atoms in total. The Kier molecular flexibility index (Phi) is 5.66. The van der Waals surface area contributed by atoms with E-state index in [1.165, 1.54) is 17.3 Å². The first-order chi connectivity index (χ1) is 14.2. The van der Waals surface area contributed by atoms with Gasteiger partial charge in [-0.25, -0.2) is 0 Å². The predicted octanol–water partition coefficient (Wildman–Crippen LogP) is 3.21. The third-order valence-corrected chi connectivity index (χ3v) is 5.21. The second-order valence-corrected chi connectivity index (χ2v) is 7.28. The lowest BCUT2D eigenvalue weighted by molar-refractivity contribution is 0.748. The molecule has 2 aromatic carbocycles. The van der Waals surface area contributed by atoms with Crippen molar-refractivity contribution in [3.8, 4) is 0 Å². The molecule has 4 rings (SSSR count). The summed E-state index contributed by atoms with van der Waals surface area (Å²) in [5.41, 5.74) is 7.94. The first kappa shape index (κ1) is 18.9. The molecule has 9 heteroatoms. The van der Waals surface area contributed by atoms with Gasteiger partial charge < -0.3 is 15.6 Å². The zero-order valence-corrected chi connectivity index (χ0v) is 16.7. The lowest BCUT2D eigenvalue weighted by atomic mass is 10.1. The molecule has 0 saturated carbocycles. The summed E-state index contributed by atoms with van der Waals surface area (Å²) in [5.74, 6) is 2.58. The molecule has 0 radical (unpaired) electrons. The summed E-state index contributed by atoms with van der Waals surface area (Å²) in [4.78, 5) is 12.8. The molecule has 0 spiro atoms. The number of hydrogen-bond acceptors (Lipinski definition) is 8. The third kappa shape index (κ3) is 4.88. The monoisotopic (exact) mass is 404 g/mol. The molecule has 0 fully saturated rings. The van der Waals surface area contributed by atoms with Gasteiger partial charge in [-0.2, -0.15) is 15.0 Å².